The fourth-order valence-electron chi connectivity index (χ4n) is 2.47. The first kappa shape index (κ1) is 12.5. The van der Waals surface area contributed by atoms with E-state index in [1.165, 1.54) is 0 Å². The molecule has 2 aliphatic rings. The Morgan fingerprint density at radius 1 is 1.42 bits per heavy atom. The fourth-order valence-corrected chi connectivity index (χ4v) is 2.47. The summed E-state index contributed by atoms with van der Waals surface area (Å²) in [6.45, 7) is 2.89. The zero-order valence-electron chi connectivity index (χ0n) is 11.0. The zero-order chi connectivity index (χ0) is 13.1. The molecule has 0 spiro atoms. The molecular formula is C14H20N2O3. The number of carbonyl (C=O) groups is 1. The topological polar surface area (TPSA) is 54.7 Å². The van der Waals surface area contributed by atoms with Crippen LogP contribution in [-0.4, -0.2) is 36.7 Å². The van der Waals surface area contributed by atoms with Crippen molar-refractivity contribution in [3.05, 3.63) is 24.2 Å². The van der Waals surface area contributed by atoms with Crippen molar-refractivity contribution in [2.75, 3.05) is 19.8 Å². The van der Waals surface area contributed by atoms with E-state index in [1.807, 2.05) is 17.0 Å². The third-order valence-electron chi connectivity index (χ3n) is 3.72. The first-order valence-electron chi connectivity index (χ1n) is 6.97. The van der Waals surface area contributed by atoms with E-state index in [4.69, 9.17) is 9.15 Å². The predicted molar refractivity (Wildman–Crippen MR) is 69.6 cm³/mol. The number of nitrogens with zero attached hydrogens (tertiary/aromatic N) is 1. The molecule has 1 aliphatic heterocycles. The van der Waals surface area contributed by atoms with Crippen molar-refractivity contribution in [1.82, 2.24) is 10.2 Å². The highest BCUT2D eigenvalue weighted by molar-refractivity contribution is 5.74. The van der Waals surface area contributed by atoms with Crippen molar-refractivity contribution in [1.29, 1.82) is 0 Å². The summed E-state index contributed by atoms with van der Waals surface area (Å²) in [5.74, 6) is 1.28. The standard InChI is InChI=1S/C14H20N2O3/c17-14(15-8-13-2-1-6-19-13)16(12-3-4-12)9-11-5-7-18-10-11/h1-2,6,11-12H,3-5,7-10H2,(H,15,17)/t11-/m0/s1. The highest BCUT2D eigenvalue weighted by atomic mass is 16.5. The molecule has 3 rings (SSSR count). The molecule has 1 atom stereocenters. The molecule has 2 fully saturated rings. The van der Waals surface area contributed by atoms with E-state index in [1.54, 1.807) is 6.26 Å². The van der Waals surface area contributed by atoms with Gasteiger partial charge in [-0.15, -0.1) is 0 Å². The SMILES string of the molecule is O=C(NCc1ccco1)N(C[C@@H]1CCOC1)C1CC1. The van der Waals surface area contributed by atoms with Crippen LogP contribution in [0.15, 0.2) is 22.8 Å². The molecule has 0 unspecified atom stereocenters. The Morgan fingerprint density at radius 2 is 2.32 bits per heavy atom. The van der Waals surface area contributed by atoms with Crippen molar-refractivity contribution in [2.45, 2.75) is 31.8 Å². The number of rotatable bonds is 5. The fraction of sp³-hybridized carbons (Fsp3) is 0.643. The van der Waals surface area contributed by atoms with Gasteiger partial charge in [-0.05, 0) is 31.4 Å². The minimum absolute atomic E-state index is 0.0193. The van der Waals surface area contributed by atoms with Gasteiger partial charge in [-0.3, -0.25) is 0 Å². The third kappa shape index (κ3) is 3.29. The predicted octanol–water partition coefficient (Wildman–Crippen LogP) is 1.99. The molecule has 1 aromatic heterocycles. The van der Waals surface area contributed by atoms with Gasteiger partial charge < -0.3 is 19.4 Å². The van der Waals surface area contributed by atoms with Crippen LogP contribution in [0.4, 0.5) is 4.79 Å². The van der Waals surface area contributed by atoms with E-state index in [9.17, 15) is 4.79 Å². The number of ether oxygens (including phenoxy) is 1. The Kier molecular flexibility index (Phi) is 3.73. The normalized spacial score (nSPS) is 22.4. The lowest BCUT2D eigenvalue weighted by molar-refractivity contribution is 0.161. The Balaban J connectivity index is 1.52. The molecule has 1 saturated heterocycles. The number of furan rings is 1. The molecule has 0 radical (unpaired) electrons. The van der Waals surface area contributed by atoms with Crippen molar-refractivity contribution in [3.8, 4) is 0 Å². The second kappa shape index (κ2) is 5.65. The minimum atomic E-state index is 0.0193. The largest absolute Gasteiger partial charge is 0.467 e. The van der Waals surface area contributed by atoms with Gasteiger partial charge in [0.15, 0.2) is 0 Å². The average Bonchev–Trinajstić information content (AvgIpc) is 2.94. The summed E-state index contributed by atoms with van der Waals surface area (Å²) in [7, 11) is 0. The Labute approximate surface area is 112 Å². The smallest absolute Gasteiger partial charge is 0.318 e. The van der Waals surface area contributed by atoms with Gasteiger partial charge in [-0.2, -0.15) is 0 Å². The summed E-state index contributed by atoms with van der Waals surface area (Å²) < 4.78 is 10.6. The quantitative estimate of drug-likeness (QED) is 0.885. The first-order chi connectivity index (χ1) is 9.33. The highest BCUT2D eigenvalue weighted by Crippen LogP contribution is 2.29. The lowest BCUT2D eigenvalue weighted by atomic mass is 10.1. The van der Waals surface area contributed by atoms with Gasteiger partial charge >= 0.3 is 6.03 Å². The maximum Gasteiger partial charge on any atom is 0.318 e. The van der Waals surface area contributed by atoms with Crippen LogP contribution in [0.25, 0.3) is 0 Å². The van der Waals surface area contributed by atoms with Crippen LogP contribution in [0, 0.1) is 5.92 Å². The number of amides is 2. The molecule has 19 heavy (non-hydrogen) atoms. The summed E-state index contributed by atoms with van der Waals surface area (Å²) >= 11 is 0. The van der Waals surface area contributed by atoms with Gasteiger partial charge in [0.05, 0.1) is 19.4 Å². The summed E-state index contributed by atoms with van der Waals surface area (Å²) in [6, 6.07) is 4.14. The maximum atomic E-state index is 12.2. The summed E-state index contributed by atoms with van der Waals surface area (Å²) in [5.41, 5.74) is 0. The number of hydrogen-bond acceptors (Lipinski definition) is 3. The highest BCUT2D eigenvalue weighted by Gasteiger charge is 2.34. The van der Waals surface area contributed by atoms with Gasteiger partial charge in [0.25, 0.3) is 0 Å². The zero-order valence-corrected chi connectivity index (χ0v) is 11.0. The molecule has 104 valence electrons. The van der Waals surface area contributed by atoms with Crippen LogP contribution in [0.3, 0.4) is 0 Å². The van der Waals surface area contributed by atoms with Crippen LogP contribution in [0.1, 0.15) is 25.0 Å². The Bertz CT molecular complexity index is 408. The summed E-state index contributed by atoms with van der Waals surface area (Å²) in [6.07, 6.45) is 4.94. The average molecular weight is 264 g/mol. The third-order valence-corrected chi connectivity index (χ3v) is 3.72. The monoisotopic (exact) mass is 264 g/mol. The van der Waals surface area contributed by atoms with Gasteiger partial charge in [0, 0.05) is 25.1 Å². The summed E-state index contributed by atoms with van der Waals surface area (Å²) in [4.78, 5) is 14.2. The van der Waals surface area contributed by atoms with Crippen LogP contribution >= 0.6 is 0 Å². The van der Waals surface area contributed by atoms with Gasteiger partial charge in [0.2, 0.25) is 0 Å². The maximum absolute atomic E-state index is 12.2. The van der Waals surface area contributed by atoms with Crippen molar-refractivity contribution < 1.29 is 13.9 Å². The second-order valence-electron chi connectivity index (χ2n) is 5.35. The van der Waals surface area contributed by atoms with E-state index in [2.05, 4.69) is 5.32 Å². The molecule has 2 amide bonds. The molecular weight excluding hydrogens is 244 g/mol. The number of nitrogens with one attached hydrogen (secondary N) is 1. The van der Waals surface area contributed by atoms with E-state index in [0.29, 0.717) is 18.5 Å². The molecule has 5 heteroatoms. The lowest BCUT2D eigenvalue weighted by Gasteiger charge is -2.25. The molecule has 2 heterocycles. The first-order valence-corrected chi connectivity index (χ1v) is 6.97. The van der Waals surface area contributed by atoms with E-state index in [0.717, 1.165) is 44.8 Å². The van der Waals surface area contributed by atoms with E-state index < -0.39 is 0 Å². The van der Waals surface area contributed by atoms with Crippen molar-refractivity contribution in [2.24, 2.45) is 5.92 Å². The van der Waals surface area contributed by atoms with Crippen molar-refractivity contribution in [3.63, 3.8) is 0 Å². The number of hydrogen-bond donors (Lipinski definition) is 1. The molecule has 0 aromatic carbocycles. The molecule has 1 saturated carbocycles. The van der Waals surface area contributed by atoms with Crippen molar-refractivity contribution >= 4 is 6.03 Å². The molecule has 0 bridgehead atoms. The van der Waals surface area contributed by atoms with E-state index >= 15 is 0 Å². The second-order valence-corrected chi connectivity index (χ2v) is 5.35. The van der Waals surface area contributed by atoms with Gasteiger partial charge in [-0.1, -0.05) is 0 Å². The van der Waals surface area contributed by atoms with Crippen LogP contribution in [0.2, 0.25) is 0 Å². The van der Waals surface area contributed by atoms with Crippen LogP contribution in [-0.2, 0) is 11.3 Å². The molecule has 1 N–H and O–H groups in total. The van der Waals surface area contributed by atoms with Gasteiger partial charge in [0.1, 0.15) is 5.76 Å². The molecule has 1 aliphatic carbocycles. The lowest BCUT2D eigenvalue weighted by Crippen LogP contribution is -2.43. The minimum Gasteiger partial charge on any atom is -0.467 e. The number of carbonyl (C=O) groups excluding carboxylic acids is 1. The summed E-state index contributed by atoms with van der Waals surface area (Å²) in [5, 5.41) is 2.93. The molecule has 1 aromatic rings. The number of urea groups is 1. The van der Waals surface area contributed by atoms with E-state index in [-0.39, 0.29) is 6.03 Å². The Morgan fingerprint density at radius 3 is 2.95 bits per heavy atom. The van der Waals surface area contributed by atoms with Crippen LogP contribution in [0.5, 0.6) is 0 Å². The van der Waals surface area contributed by atoms with Crippen LogP contribution < -0.4 is 5.32 Å². The van der Waals surface area contributed by atoms with Gasteiger partial charge in [-0.25, -0.2) is 4.79 Å². The Hall–Kier alpha value is -1.49. The molecule has 5 nitrogen and oxygen atoms in total.